The van der Waals surface area contributed by atoms with Crippen molar-refractivity contribution in [3.63, 3.8) is 0 Å². The minimum atomic E-state index is -4.44. The van der Waals surface area contributed by atoms with Gasteiger partial charge in [0.2, 0.25) is 0 Å². The molecule has 1 atom stereocenters. The SMILES string of the molecule is COC[C@H](NC(=O)c1scnc1C)c1cccc(C(F)(F)F)c1. The van der Waals surface area contributed by atoms with Crippen LogP contribution < -0.4 is 5.32 Å². The van der Waals surface area contributed by atoms with Crippen LogP contribution in [0.2, 0.25) is 0 Å². The van der Waals surface area contributed by atoms with Crippen LogP contribution in [0.25, 0.3) is 0 Å². The maximum Gasteiger partial charge on any atom is 0.416 e. The number of thiazole rings is 1. The lowest BCUT2D eigenvalue weighted by molar-refractivity contribution is -0.137. The number of alkyl halides is 3. The lowest BCUT2D eigenvalue weighted by atomic mass is 10.0. The number of rotatable bonds is 5. The van der Waals surface area contributed by atoms with Crippen LogP contribution in [0.5, 0.6) is 0 Å². The molecule has 0 saturated heterocycles. The molecule has 1 heterocycles. The quantitative estimate of drug-likeness (QED) is 0.902. The number of hydrogen-bond acceptors (Lipinski definition) is 4. The van der Waals surface area contributed by atoms with E-state index in [1.165, 1.54) is 30.6 Å². The largest absolute Gasteiger partial charge is 0.416 e. The highest BCUT2D eigenvalue weighted by Gasteiger charge is 2.31. The molecule has 1 aromatic carbocycles. The van der Waals surface area contributed by atoms with Crippen LogP contribution in [-0.4, -0.2) is 24.6 Å². The number of methoxy groups -OCH3 is 1. The normalized spacial score (nSPS) is 12.9. The van der Waals surface area contributed by atoms with Gasteiger partial charge in [0, 0.05) is 7.11 Å². The number of nitrogens with one attached hydrogen (secondary N) is 1. The fourth-order valence-electron chi connectivity index (χ4n) is 2.06. The van der Waals surface area contributed by atoms with Gasteiger partial charge in [0.15, 0.2) is 0 Å². The first-order valence-electron chi connectivity index (χ1n) is 6.70. The van der Waals surface area contributed by atoms with E-state index in [2.05, 4.69) is 10.3 Å². The van der Waals surface area contributed by atoms with Gasteiger partial charge in [-0.2, -0.15) is 13.2 Å². The van der Waals surface area contributed by atoms with E-state index >= 15 is 0 Å². The Morgan fingerprint density at radius 1 is 1.43 bits per heavy atom. The summed E-state index contributed by atoms with van der Waals surface area (Å²) < 4.78 is 43.5. The molecule has 0 saturated carbocycles. The Hall–Kier alpha value is -1.93. The topological polar surface area (TPSA) is 51.2 Å². The minimum Gasteiger partial charge on any atom is -0.382 e. The zero-order chi connectivity index (χ0) is 17.0. The van der Waals surface area contributed by atoms with Gasteiger partial charge in [0.05, 0.1) is 29.4 Å². The van der Waals surface area contributed by atoms with Gasteiger partial charge in [-0.15, -0.1) is 11.3 Å². The van der Waals surface area contributed by atoms with Crippen LogP contribution in [0.4, 0.5) is 13.2 Å². The molecule has 124 valence electrons. The summed E-state index contributed by atoms with van der Waals surface area (Å²) in [6.45, 7) is 1.76. The molecule has 0 unspecified atom stereocenters. The fraction of sp³-hybridized carbons (Fsp3) is 0.333. The molecule has 0 aliphatic heterocycles. The molecule has 2 aromatic rings. The van der Waals surface area contributed by atoms with Gasteiger partial charge in [0.25, 0.3) is 5.91 Å². The average molecular weight is 344 g/mol. The Kier molecular flexibility index (Phi) is 5.38. The summed E-state index contributed by atoms with van der Waals surface area (Å²) in [5, 5.41) is 2.70. The van der Waals surface area contributed by atoms with E-state index < -0.39 is 17.8 Å². The summed E-state index contributed by atoms with van der Waals surface area (Å²) in [5.74, 6) is -0.385. The van der Waals surface area contributed by atoms with Crippen molar-refractivity contribution < 1.29 is 22.7 Å². The van der Waals surface area contributed by atoms with Crippen molar-refractivity contribution in [3.05, 3.63) is 51.5 Å². The van der Waals surface area contributed by atoms with E-state index in [4.69, 9.17) is 4.74 Å². The third-order valence-electron chi connectivity index (χ3n) is 3.21. The van der Waals surface area contributed by atoms with Crippen molar-refractivity contribution in [1.29, 1.82) is 0 Å². The molecule has 23 heavy (non-hydrogen) atoms. The molecule has 1 amide bonds. The van der Waals surface area contributed by atoms with E-state index in [1.807, 2.05) is 0 Å². The average Bonchev–Trinajstić information content (AvgIpc) is 2.92. The lowest BCUT2D eigenvalue weighted by Crippen LogP contribution is -2.31. The number of nitrogens with zero attached hydrogens (tertiary/aromatic N) is 1. The molecule has 0 radical (unpaired) electrons. The van der Waals surface area contributed by atoms with Crippen molar-refractivity contribution in [2.45, 2.75) is 19.1 Å². The molecular weight excluding hydrogens is 329 g/mol. The smallest absolute Gasteiger partial charge is 0.382 e. The van der Waals surface area contributed by atoms with Crippen molar-refractivity contribution in [2.24, 2.45) is 0 Å². The summed E-state index contributed by atoms with van der Waals surface area (Å²) >= 11 is 1.18. The number of benzene rings is 1. The van der Waals surface area contributed by atoms with Gasteiger partial charge in [-0.05, 0) is 24.6 Å². The predicted molar refractivity (Wildman–Crippen MR) is 80.4 cm³/mol. The molecule has 8 heteroatoms. The minimum absolute atomic E-state index is 0.0604. The summed E-state index contributed by atoms with van der Waals surface area (Å²) in [4.78, 5) is 16.7. The predicted octanol–water partition coefficient (Wildman–Crippen LogP) is 3.59. The summed E-state index contributed by atoms with van der Waals surface area (Å²) in [6, 6.07) is 4.16. The highest BCUT2D eigenvalue weighted by Crippen LogP contribution is 2.31. The molecule has 0 bridgehead atoms. The van der Waals surface area contributed by atoms with Crippen LogP contribution in [-0.2, 0) is 10.9 Å². The Labute approximate surface area is 135 Å². The number of ether oxygens (including phenoxy) is 1. The number of carbonyl (C=O) groups is 1. The fourth-order valence-corrected chi connectivity index (χ4v) is 2.77. The molecule has 0 spiro atoms. The molecule has 1 aromatic heterocycles. The van der Waals surface area contributed by atoms with E-state index in [0.717, 1.165) is 12.1 Å². The molecular formula is C15H15F3N2O2S. The van der Waals surface area contributed by atoms with Crippen LogP contribution in [0.1, 0.15) is 32.5 Å². The first-order chi connectivity index (χ1) is 10.8. The second kappa shape index (κ2) is 7.10. The second-order valence-corrected chi connectivity index (χ2v) is 5.73. The molecule has 0 aliphatic rings. The van der Waals surface area contributed by atoms with E-state index in [9.17, 15) is 18.0 Å². The number of amides is 1. The Balaban J connectivity index is 2.25. The van der Waals surface area contributed by atoms with Crippen LogP contribution in [0.15, 0.2) is 29.8 Å². The van der Waals surface area contributed by atoms with Crippen molar-refractivity contribution in [1.82, 2.24) is 10.3 Å². The summed E-state index contributed by atoms with van der Waals surface area (Å²) in [7, 11) is 1.42. The third kappa shape index (κ3) is 4.29. The zero-order valence-electron chi connectivity index (χ0n) is 12.5. The monoisotopic (exact) mass is 344 g/mol. The molecule has 0 aliphatic carbocycles. The van der Waals surface area contributed by atoms with E-state index in [-0.39, 0.29) is 12.5 Å². The maximum absolute atomic E-state index is 12.8. The molecule has 2 rings (SSSR count). The number of halogens is 3. The maximum atomic E-state index is 12.8. The van der Waals surface area contributed by atoms with Gasteiger partial charge in [0.1, 0.15) is 4.88 Å². The number of aromatic nitrogens is 1. The highest BCUT2D eigenvalue weighted by atomic mass is 32.1. The third-order valence-corrected chi connectivity index (χ3v) is 4.13. The Morgan fingerprint density at radius 3 is 2.74 bits per heavy atom. The standard InChI is InChI=1S/C15H15F3N2O2S/c1-9-13(23-8-19-9)14(21)20-12(7-22-2)10-4-3-5-11(6-10)15(16,17)18/h3-6,8,12H,7H2,1-2H3,(H,20,21)/t12-/m0/s1. The number of carbonyl (C=O) groups excluding carboxylic acids is 1. The Bertz CT molecular complexity index is 685. The van der Waals surface area contributed by atoms with Crippen molar-refractivity contribution in [2.75, 3.05) is 13.7 Å². The van der Waals surface area contributed by atoms with Crippen LogP contribution >= 0.6 is 11.3 Å². The molecule has 1 N–H and O–H groups in total. The molecule has 0 fully saturated rings. The van der Waals surface area contributed by atoms with Gasteiger partial charge < -0.3 is 10.1 Å². The van der Waals surface area contributed by atoms with Crippen LogP contribution in [0.3, 0.4) is 0 Å². The van der Waals surface area contributed by atoms with Gasteiger partial charge in [-0.25, -0.2) is 4.98 Å². The van der Waals surface area contributed by atoms with Crippen molar-refractivity contribution in [3.8, 4) is 0 Å². The number of aryl methyl sites for hydroxylation is 1. The number of hydrogen-bond donors (Lipinski definition) is 1. The van der Waals surface area contributed by atoms with Gasteiger partial charge in [-0.1, -0.05) is 12.1 Å². The van der Waals surface area contributed by atoms with E-state index in [0.29, 0.717) is 16.1 Å². The zero-order valence-corrected chi connectivity index (χ0v) is 13.3. The second-order valence-electron chi connectivity index (χ2n) is 4.87. The van der Waals surface area contributed by atoms with Gasteiger partial charge >= 0.3 is 6.18 Å². The van der Waals surface area contributed by atoms with E-state index in [1.54, 1.807) is 12.4 Å². The summed E-state index contributed by atoms with van der Waals surface area (Å²) in [5.41, 5.74) is 1.68. The lowest BCUT2D eigenvalue weighted by Gasteiger charge is -2.19. The van der Waals surface area contributed by atoms with Gasteiger partial charge in [-0.3, -0.25) is 4.79 Å². The van der Waals surface area contributed by atoms with Crippen LogP contribution in [0, 0.1) is 6.92 Å². The van der Waals surface area contributed by atoms with Crippen molar-refractivity contribution >= 4 is 17.2 Å². The first kappa shape index (κ1) is 17.4. The summed E-state index contributed by atoms with van der Waals surface area (Å²) in [6.07, 6.45) is -4.44. The first-order valence-corrected chi connectivity index (χ1v) is 7.58. The molecule has 4 nitrogen and oxygen atoms in total. The Morgan fingerprint density at radius 2 is 2.17 bits per heavy atom. The highest BCUT2D eigenvalue weighted by molar-refractivity contribution is 7.11.